The number of hydrogen-bond acceptors (Lipinski definition) is 5. The van der Waals surface area contributed by atoms with Gasteiger partial charge in [-0.05, 0) is 31.7 Å². The third-order valence-corrected chi connectivity index (χ3v) is 4.17. The number of nitrogens with zero attached hydrogens (tertiary/aromatic N) is 1. The minimum absolute atomic E-state index is 0.00496. The zero-order valence-corrected chi connectivity index (χ0v) is 12.6. The molecule has 1 aliphatic heterocycles. The lowest BCUT2D eigenvalue weighted by molar-refractivity contribution is -0.0487. The van der Waals surface area contributed by atoms with E-state index in [9.17, 15) is 0 Å². The molecule has 2 heterocycles. The van der Waals surface area contributed by atoms with Crippen molar-refractivity contribution in [1.29, 1.82) is 0 Å². The van der Waals surface area contributed by atoms with E-state index in [1.807, 2.05) is 6.07 Å². The van der Waals surface area contributed by atoms with Crippen molar-refractivity contribution in [3.8, 4) is 0 Å². The van der Waals surface area contributed by atoms with E-state index in [1.54, 1.807) is 0 Å². The maximum absolute atomic E-state index is 5.96. The Kier molecular flexibility index (Phi) is 4.26. The van der Waals surface area contributed by atoms with Crippen LogP contribution in [0.15, 0.2) is 28.7 Å². The predicted molar refractivity (Wildman–Crippen MR) is 82.9 cm³/mol. The molecule has 1 aliphatic rings. The summed E-state index contributed by atoms with van der Waals surface area (Å²) in [7, 11) is 0. The number of likely N-dealkylation sites (N-methyl/N-ethyl adjacent to an activating group) is 1. The van der Waals surface area contributed by atoms with E-state index in [1.165, 1.54) is 5.56 Å². The number of morpholine rings is 1. The summed E-state index contributed by atoms with van der Waals surface area (Å²) in [5, 5.41) is 1.11. The van der Waals surface area contributed by atoms with E-state index in [2.05, 4.69) is 42.4 Å². The summed E-state index contributed by atoms with van der Waals surface area (Å²) < 4.78 is 11.9. The SMILES string of the molecule is CCN1CCOC(C(NN)c2cc3cc(C)ccc3o2)C1. The highest BCUT2D eigenvalue weighted by Crippen LogP contribution is 2.28. The maximum atomic E-state index is 5.96. The Morgan fingerprint density at radius 2 is 2.29 bits per heavy atom. The summed E-state index contributed by atoms with van der Waals surface area (Å²) in [5.74, 6) is 6.60. The van der Waals surface area contributed by atoms with Crippen molar-refractivity contribution in [2.24, 2.45) is 5.84 Å². The summed E-state index contributed by atoms with van der Waals surface area (Å²) in [6.07, 6.45) is 0.00496. The number of nitrogens with two attached hydrogens (primary N) is 1. The highest BCUT2D eigenvalue weighted by atomic mass is 16.5. The van der Waals surface area contributed by atoms with Gasteiger partial charge in [-0.2, -0.15) is 0 Å². The molecule has 2 atom stereocenters. The van der Waals surface area contributed by atoms with Crippen molar-refractivity contribution in [2.75, 3.05) is 26.2 Å². The van der Waals surface area contributed by atoms with Gasteiger partial charge >= 0.3 is 0 Å². The number of nitrogens with one attached hydrogen (secondary N) is 1. The molecule has 5 nitrogen and oxygen atoms in total. The molecule has 1 aromatic heterocycles. The number of hydrazine groups is 1. The van der Waals surface area contributed by atoms with E-state index >= 15 is 0 Å². The van der Waals surface area contributed by atoms with Gasteiger partial charge in [-0.3, -0.25) is 10.7 Å². The van der Waals surface area contributed by atoms with E-state index in [-0.39, 0.29) is 12.1 Å². The molecule has 2 unspecified atom stereocenters. The number of ether oxygens (including phenoxy) is 1. The fraction of sp³-hybridized carbons (Fsp3) is 0.500. The first-order chi connectivity index (χ1) is 10.2. The predicted octanol–water partition coefficient (Wildman–Crippen LogP) is 1.97. The lowest BCUT2D eigenvalue weighted by atomic mass is 10.1. The van der Waals surface area contributed by atoms with Gasteiger partial charge < -0.3 is 9.15 Å². The molecule has 1 saturated heterocycles. The van der Waals surface area contributed by atoms with Gasteiger partial charge in [0.15, 0.2) is 0 Å². The zero-order chi connectivity index (χ0) is 14.8. The van der Waals surface area contributed by atoms with Crippen LogP contribution in [-0.4, -0.2) is 37.2 Å². The first kappa shape index (κ1) is 14.5. The molecule has 0 aliphatic carbocycles. The molecule has 1 fully saturated rings. The Hall–Kier alpha value is -1.40. The van der Waals surface area contributed by atoms with Crippen molar-refractivity contribution in [1.82, 2.24) is 10.3 Å². The first-order valence-electron chi connectivity index (χ1n) is 7.51. The van der Waals surface area contributed by atoms with Crippen LogP contribution in [-0.2, 0) is 4.74 Å². The normalized spacial score (nSPS) is 21.8. The molecule has 114 valence electrons. The summed E-state index contributed by atoms with van der Waals surface area (Å²) in [6.45, 7) is 7.84. The van der Waals surface area contributed by atoms with Crippen LogP contribution in [0.25, 0.3) is 11.0 Å². The molecule has 0 amide bonds. The van der Waals surface area contributed by atoms with Crippen LogP contribution >= 0.6 is 0 Å². The topological polar surface area (TPSA) is 63.7 Å². The van der Waals surface area contributed by atoms with E-state index in [0.29, 0.717) is 0 Å². The zero-order valence-electron chi connectivity index (χ0n) is 12.6. The van der Waals surface area contributed by atoms with Gasteiger partial charge in [0.25, 0.3) is 0 Å². The molecular weight excluding hydrogens is 266 g/mol. The lowest BCUT2D eigenvalue weighted by Gasteiger charge is -2.35. The van der Waals surface area contributed by atoms with Gasteiger partial charge in [0.1, 0.15) is 17.4 Å². The maximum Gasteiger partial charge on any atom is 0.134 e. The smallest absolute Gasteiger partial charge is 0.134 e. The molecule has 0 bridgehead atoms. The second-order valence-corrected chi connectivity index (χ2v) is 5.64. The van der Waals surface area contributed by atoms with Gasteiger partial charge in [0.2, 0.25) is 0 Å². The molecular formula is C16H23N3O2. The van der Waals surface area contributed by atoms with E-state index in [4.69, 9.17) is 15.0 Å². The number of hydrogen-bond donors (Lipinski definition) is 2. The van der Waals surface area contributed by atoms with Crippen molar-refractivity contribution < 1.29 is 9.15 Å². The number of rotatable bonds is 4. The summed E-state index contributed by atoms with van der Waals surface area (Å²) in [6, 6.07) is 8.10. The molecule has 21 heavy (non-hydrogen) atoms. The minimum atomic E-state index is -0.132. The Balaban J connectivity index is 1.87. The number of furan rings is 1. The van der Waals surface area contributed by atoms with Gasteiger partial charge in [0.05, 0.1) is 12.7 Å². The first-order valence-corrected chi connectivity index (χ1v) is 7.51. The standard InChI is InChI=1S/C16H23N3O2/c1-3-19-6-7-20-15(10-19)16(18-17)14-9-12-8-11(2)4-5-13(12)21-14/h4-5,8-9,15-16,18H,3,6-7,10,17H2,1-2H3. The molecule has 0 saturated carbocycles. The van der Waals surface area contributed by atoms with Crippen molar-refractivity contribution >= 4 is 11.0 Å². The van der Waals surface area contributed by atoms with Crippen LogP contribution < -0.4 is 11.3 Å². The summed E-state index contributed by atoms with van der Waals surface area (Å²) >= 11 is 0. The van der Waals surface area contributed by atoms with E-state index < -0.39 is 0 Å². The summed E-state index contributed by atoms with van der Waals surface area (Å²) in [4.78, 5) is 2.37. The van der Waals surface area contributed by atoms with Gasteiger partial charge in [-0.15, -0.1) is 0 Å². The van der Waals surface area contributed by atoms with Gasteiger partial charge in [-0.1, -0.05) is 18.6 Å². The molecule has 3 N–H and O–H groups in total. The molecule has 0 radical (unpaired) electrons. The lowest BCUT2D eigenvalue weighted by Crippen LogP contribution is -2.49. The third kappa shape index (κ3) is 2.96. The van der Waals surface area contributed by atoms with Crippen molar-refractivity contribution in [3.05, 3.63) is 35.6 Å². The molecule has 5 heteroatoms. The van der Waals surface area contributed by atoms with Crippen LogP contribution in [0.2, 0.25) is 0 Å². The van der Waals surface area contributed by atoms with Crippen LogP contribution in [0.3, 0.4) is 0 Å². The Labute approximate surface area is 125 Å². The van der Waals surface area contributed by atoms with Crippen molar-refractivity contribution in [3.63, 3.8) is 0 Å². The molecule has 2 aromatic rings. The largest absolute Gasteiger partial charge is 0.459 e. The number of benzene rings is 1. The Bertz CT molecular complexity index is 611. The van der Waals surface area contributed by atoms with Gasteiger partial charge in [0, 0.05) is 18.5 Å². The highest BCUT2D eigenvalue weighted by Gasteiger charge is 2.30. The number of fused-ring (bicyclic) bond motifs is 1. The third-order valence-electron chi connectivity index (χ3n) is 4.17. The summed E-state index contributed by atoms with van der Waals surface area (Å²) in [5.41, 5.74) is 4.97. The van der Waals surface area contributed by atoms with Gasteiger partial charge in [-0.25, -0.2) is 5.43 Å². The second kappa shape index (κ2) is 6.15. The quantitative estimate of drug-likeness (QED) is 0.665. The fourth-order valence-corrected chi connectivity index (χ4v) is 2.93. The monoisotopic (exact) mass is 289 g/mol. The Morgan fingerprint density at radius 3 is 3.05 bits per heavy atom. The fourth-order valence-electron chi connectivity index (χ4n) is 2.93. The highest BCUT2D eigenvalue weighted by molar-refractivity contribution is 5.78. The molecule has 1 aromatic carbocycles. The minimum Gasteiger partial charge on any atom is -0.459 e. The van der Waals surface area contributed by atoms with Crippen LogP contribution in [0, 0.1) is 6.92 Å². The van der Waals surface area contributed by atoms with E-state index in [0.717, 1.165) is 43.0 Å². The van der Waals surface area contributed by atoms with Crippen LogP contribution in [0.4, 0.5) is 0 Å². The van der Waals surface area contributed by atoms with Crippen molar-refractivity contribution in [2.45, 2.75) is 26.0 Å². The average Bonchev–Trinajstić information content (AvgIpc) is 2.91. The van der Waals surface area contributed by atoms with Crippen LogP contribution in [0.1, 0.15) is 24.3 Å². The average molecular weight is 289 g/mol. The second-order valence-electron chi connectivity index (χ2n) is 5.64. The molecule has 3 rings (SSSR count). The van der Waals surface area contributed by atoms with Crippen LogP contribution in [0.5, 0.6) is 0 Å². The Morgan fingerprint density at radius 1 is 1.43 bits per heavy atom. The number of aryl methyl sites for hydroxylation is 1. The molecule has 0 spiro atoms.